The van der Waals surface area contributed by atoms with Gasteiger partial charge in [-0.3, -0.25) is 0 Å². The maximum absolute atomic E-state index is 5.84. The van der Waals surface area contributed by atoms with E-state index >= 15 is 0 Å². The third kappa shape index (κ3) is 2.33. The minimum absolute atomic E-state index is 0.202. The van der Waals surface area contributed by atoms with E-state index in [1.165, 1.54) is 12.8 Å². The lowest BCUT2D eigenvalue weighted by molar-refractivity contribution is 0.530. The Hall–Kier alpha value is -0.0800. The van der Waals surface area contributed by atoms with Crippen LogP contribution in [0.2, 0.25) is 0 Å². The van der Waals surface area contributed by atoms with E-state index in [9.17, 15) is 0 Å². The highest BCUT2D eigenvalue weighted by Crippen LogP contribution is 2.36. The van der Waals surface area contributed by atoms with E-state index in [0.29, 0.717) is 6.04 Å². The largest absolute Gasteiger partial charge is 0.328 e. The average molecular weight is 128 g/mol. The molecular formula is C7H16N2. The molecule has 0 saturated heterocycles. The number of hydrogen-bond donors (Lipinski definition) is 2. The fourth-order valence-electron chi connectivity index (χ4n) is 0.926. The average Bonchev–Trinajstić information content (AvgIpc) is 2.45. The van der Waals surface area contributed by atoms with Crippen LogP contribution in [-0.4, -0.2) is 11.6 Å². The molecule has 1 saturated carbocycles. The van der Waals surface area contributed by atoms with Crippen molar-refractivity contribution < 1.29 is 0 Å². The van der Waals surface area contributed by atoms with Crippen molar-refractivity contribution in [3.63, 3.8) is 0 Å². The van der Waals surface area contributed by atoms with Crippen molar-refractivity contribution in [3.05, 3.63) is 0 Å². The van der Waals surface area contributed by atoms with Crippen molar-refractivity contribution in [3.8, 4) is 0 Å². The molecule has 4 N–H and O–H groups in total. The van der Waals surface area contributed by atoms with Gasteiger partial charge in [-0.1, -0.05) is 0 Å². The highest BCUT2D eigenvalue weighted by Gasteiger charge is 2.37. The molecule has 1 aliphatic rings. The molecule has 2 nitrogen and oxygen atoms in total. The highest BCUT2D eigenvalue weighted by atomic mass is 14.8. The summed E-state index contributed by atoms with van der Waals surface area (Å²) in [6.45, 7) is 2.03. The predicted octanol–water partition coefficient (Wildman–Crippen LogP) is 0.605. The van der Waals surface area contributed by atoms with E-state index in [2.05, 4.69) is 0 Å². The van der Waals surface area contributed by atoms with Crippen LogP contribution in [0.1, 0.15) is 32.6 Å². The van der Waals surface area contributed by atoms with Gasteiger partial charge in [0.05, 0.1) is 0 Å². The lowest BCUT2D eigenvalue weighted by atomic mass is 10.1. The number of hydrogen-bond acceptors (Lipinski definition) is 2. The molecule has 0 bridgehead atoms. The number of rotatable bonds is 3. The van der Waals surface area contributed by atoms with Crippen molar-refractivity contribution in [1.82, 2.24) is 0 Å². The summed E-state index contributed by atoms with van der Waals surface area (Å²) in [5.74, 6) is 0. The minimum atomic E-state index is 0.202. The summed E-state index contributed by atoms with van der Waals surface area (Å²) in [5, 5.41) is 0. The monoisotopic (exact) mass is 128 g/mol. The molecule has 0 aromatic rings. The summed E-state index contributed by atoms with van der Waals surface area (Å²) in [6.07, 6.45) is 4.61. The third-order valence-corrected chi connectivity index (χ3v) is 1.99. The van der Waals surface area contributed by atoms with Crippen molar-refractivity contribution in [2.24, 2.45) is 11.5 Å². The van der Waals surface area contributed by atoms with Gasteiger partial charge in [-0.05, 0) is 32.6 Å². The van der Waals surface area contributed by atoms with Gasteiger partial charge in [-0.2, -0.15) is 0 Å². The fourth-order valence-corrected chi connectivity index (χ4v) is 0.926. The van der Waals surface area contributed by atoms with E-state index in [1.807, 2.05) is 6.92 Å². The quantitative estimate of drug-likeness (QED) is 0.585. The molecule has 0 heterocycles. The smallest absolute Gasteiger partial charge is 0.0156 e. The summed E-state index contributed by atoms with van der Waals surface area (Å²) in [6, 6.07) is 0.325. The molecule has 1 atom stereocenters. The van der Waals surface area contributed by atoms with Gasteiger partial charge < -0.3 is 11.5 Å². The second-order valence-corrected chi connectivity index (χ2v) is 3.38. The van der Waals surface area contributed by atoms with E-state index in [-0.39, 0.29) is 5.54 Å². The van der Waals surface area contributed by atoms with Gasteiger partial charge in [0.15, 0.2) is 0 Å². The van der Waals surface area contributed by atoms with Crippen LogP contribution in [0.5, 0.6) is 0 Å². The molecule has 1 aliphatic carbocycles. The summed E-state index contributed by atoms with van der Waals surface area (Å²) >= 11 is 0. The van der Waals surface area contributed by atoms with Crippen molar-refractivity contribution in [2.45, 2.75) is 44.2 Å². The van der Waals surface area contributed by atoms with Crippen LogP contribution in [0.3, 0.4) is 0 Å². The Morgan fingerprint density at radius 3 is 2.44 bits per heavy atom. The lowest BCUT2D eigenvalue weighted by Crippen LogP contribution is -2.25. The number of nitrogens with two attached hydrogens (primary N) is 2. The Balaban J connectivity index is 2.05. The Morgan fingerprint density at radius 1 is 1.56 bits per heavy atom. The van der Waals surface area contributed by atoms with Gasteiger partial charge in [0.25, 0.3) is 0 Å². The van der Waals surface area contributed by atoms with Crippen LogP contribution >= 0.6 is 0 Å². The summed E-state index contributed by atoms with van der Waals surface area (Å²) < 4.78 is 0. The molecule has 0 amide bonds. The molecule has 2 heteroatoms. The third-order valence-electron chi connectivity index (χ3n) is 1.99. The second-order valence-electron chi connectivity index (χ2n) is 3.38. The molecule has 1 rings (SSSR count). The first kappa shape index (κ1) is 7.03. The van der Waals surface area contributed by atoms with E-state index in [1.54, 1.807) is 0 Å². The Labute approximate surface area is 56.6 Å². The Kier molecular flexibility index (Phi) is 1.78. The predicted molar refractivity (Wildman–Crippen MR) is 39.0 cm³/mol. The topological polar surface area (TPSA) is 52.0 Å². The van der Waals surface area contributed by atoms with Crippen molar-refractivity contribution in [2.75, 3.05) is 0 Å². The van der Waals surface area contributed by atoms with E-state index in [4.69, 9.17) is 11.5 Å². The molecule has 0 spiro atoms. The molecule has 0 aromatic heterocycles. The Bertz CT molecular complexity index is 95.1. The van der Waals surface area contributed by atoms with Crippen LogP contribution in [0.25, 0.3) is 0 Å². The standard InChI is InChI=1S/C7H16N2/c1-6(8)2-3-7(9)4-5-7/h6H,2-5,8-9H2,1H3/t6-/m0/s1. The molecule has 0 aliphatic heterocycles. The summed E-state index contributed by atoms with van der Waals surface area (Å²) in [7, 11) is 0. The van der Waals surface area contributed by atoms with Gasteiger partial charge in [-0.15, -0.1) is 0 Å². The molecule has 54 valence electrons. The van der Waals surface area contributed by atoms with Crippen LogP contribution in [0.4, 0.5) is 0 Å². The minimum Gasteiger partial charge on any atom is -0.328 e. The maximum atomic E-state index is 5.84. The fraction of sp³-hybridized carbons (Fsp3) is 1.00. The van der Waals surface area contributed by atoms with Crippen molar-refractivity contribution in [1.29, 1.82) is 0 Å². The first-order chi connectivity index (χ1) is 4.12. The maximum Gasteiger partial charge on any atom is 0.0156 e. The SMILES string of the molecule is C[C@H](N)CCC1(N)CC1. The summed E-state index contributed by atoms with van der Waals surface area (Å²) in [4.78, 5) is 0. The second kappa shape index (κ2) is 2.27. The molecule has 0 unspecified atom stereocenters. The molecule has 1 fully saturated rings. The van der Waals surface area contributed by atoms with Gasteiger partial charge in [0, 0.05) is 11.6 Å². The van der Waals surface area contributed by atoms with Gasteiger partial charge >= 0.3 is 0 Å². The zero-order chi connectivity index (χ0) is 6.91. The summed E-state index contributed by atoms with van der Waals surface area (Å²) in [5.41, 5.74) is 11.6. The zero-order valence-electron chi connectivity index (χ0n) is 6.06. The normalized spacial score (nSPS) is 25.7. The zero-order valence-corrected chi connectivity index (χ0v) is 6.06. The molecule has 0 aromatic carbocycles. The first-order valence-electron chi connectivity index (χ1n) is 3.67. The van der Waals surface area contributed by atoms with Gasteiger partial charge in [0.2, 0.25) is 0 Å². The highest BCUT2D eigenvalue weighted by molar-refractivity contribution is 4.98. The molecule has 9 heavy (non-hydrogen) atoms. The Morgan fingerprint density at radius 2 is 2.11 bits per heavy atom. The van der Waals surface area contributed by atoms with Gasteiger partial charge in [-0.25, -0.2) is 0 Å². The van der Waals surface area contributed by atoms with Gasteiger partial charge in [0.1, 0.15) is 0 Å². The van der Waals surface area contributed by atoms with E-state index in [0.717, 1.165) is 12.8 Å². The molecule has 0 radical (unpaired) electrons. The lowest BCUT2D eigenvalue weighted by Gasteiger charge is -2.09. The van der Waals surface area contributed by atoms with E-state index < -0.39 is 0 Å². The van der Waals surface area contributed by atoms with Crippen molar-refractivity contribution >= 4 is 0 Å². The van der Waals surface area contributed by atoms with Crippen LogP contribution in [0.15, 0.2) is 0 Å². The molecular weight excluding hydrogens is 112 g/mol. The van der Waals surface area contributed by atoms with Crippen LogP contribution in [-0.2, 0) is 0 Å². The van der Waals surface area contributed by atoms with Crippen LogP contribution in [0, 0.1) is 0 Å². The van der Waals surface area contributed by atoms with Crippen LogP contribution < -0.4 is 11.5 Å². The first-order valence-corrected chi connectivity index (χ1v) is 3.67.